The summed E-state index contributed by atoms with van der Waals surface area (Å²) in [5.74, 6) is -1.09. The number of anilines is 1. The van der Waals surface area contributed by atoms with E-state index < -0.39 is 16.0 Å². The molecule has 0 spiro atoms. The van der Waals surface area contributed by atoms with Crippen LogP contribution in [0.4, 0.5) is 5.69 Å². The molecule has 9 heteroatoms. The van der Waals surface area contributed by atoms with Crippen LogP contribution in [0, 0.1) is 0 Å². The van der Waals surface area contributed by atoms with Crippen molar-refractivity contribution in [3.63, 3.8) is 0 Å². The van der Waals surface area contributed by atoms with Crippen molar-refractivity contribution in [1.29, 1.82) is 0 Å². The van der Waals surface area contributed by atoms with Crippen molar-refractivity contribution >= 4 is 27.3 Å². The molecule has 0 aliphatic rings. The second-order valence-electron chi connectivity index (χ2n) is 5.98. The summed E-state index contributed by atoms with van der Waals surface area (Å²) in [4.78, 5) is 19.6. The summed E-state index contributed by atoms with van der Waals surface area (Å²) < 4.78 is 28.9. The van der Waals surface area contributed by atoms with Crippen LogP contribution in [0.5, 0.6) is 0 Å². The smallest absolute Gasteiger partial charge is 0.354 e. The molecule has 4 rings (SSSR count). The zero-order chi connectivity index (χ0) is 19.7. The number of benzene rings is 1. The fourth-order valence-corrected chi connectivity index (χ4v) is 3.83. The monoisotopic (exact) mass is 394 g/mol. The molecule has 0 fully saturated rings. The Labute approximate surface area is 160 Å². The number of nitrogens with one attached hydrogen (secondary N) is 1. The first-order valence-corrected chi connectivity index (χ1v) is 9.66. The number of hydrogen-bond donors (Lipinski definition) is 2. The topological polar surface area (TPSA) is 114 Å². The molecule has 28 heavy (non-hydrogen) atoms. The van der Waals surface area contributed by atoms with Crippen LogP contribution < -0.4 is 4.72 Å². The van der Waals surface area contributed by atoms with E-state index in [1.165, 1.54) is 28.9 Å². The van der Waals surface area contributed by atoms with Crippen molar-refractivity contribution in [2.75, 3.05) is 4.72 Å². The quantitative estimate of drug-likeness (QED) is 0.538. The van der Waals surface area contributed by atoms with E-state index in [0.29, 0.717) is 22.5 Å². The summed E-state index contributed by atoms with van der Waals surface area (Å²) >= 11 is 0. The molecular weight excluding hydrogens is 380 g/mol. The Kier molecular flexibility index (Phi) is 4.28. The molecule has 3 heterocycles. The Bertz CT molecular complexity index is 1280. The largest absolute Gasteiger partial charge is 0.477 e. The second-order valence-corrected chi connectivity index (χ2v) is 7.66. The molecule has 8 nitrogen and oxygen atoms in total. The Morgan fingerprint density at radius 1 is 1.00 bits per heavy atom. The Morgan fingerprint density at radius 3 is 2.54 bits per heavy atom. The summed E-state index contributed by atoms with van der Waals surface area (Å²) in [5.41, 5.74) is 2.12. The number of rotatable bonds is 5. The van der Waals surface area contributed by atoms with Crippen LogP contribution in [0.15, 0.2) is 78.2 Å². The van der Waals surface area contributed by atoms with Gasteiger partial charge >= 0.3 is 5.97 Å². The average Bonchev–Trinajstić information content (AvgIpc) is 3.12. The van der Waals surface area contributed by atoms with E-state index in [0.717, 1.165) is 0 Å². The van der Waals surface area contributed by atoms with E-state index in [1.54, 1.807) is 48.8 Å². The number of imidazole rings is 1. The van der Waals surface area contributed by atoms with Gasteiger partial charge in [0.25, 0.3) is 10.0 Å². The summed E-state index contributed by atoms with van der Waals surface area (Å²) in [5, 5.41) is 9.26. The maximum absolute atomic E-state index is 12.5. The number of fused-ring (bicyclic) bond motifs is 1. The highest BCUT2D eigenvalue weighted by atomic mass is 32.2. The van der Waals surface area contributed by atoms with Crippen LogP contribution in [0.1, 0.15) is 10.5 Å². The maximum Gasteiger partial charge on any atom is 0.354 e. The van der Waals surface area contributed by atoms with E-state index in [4.69, 9.17) is 0 Å². The lowest BCUT2D eigenvalue weighted by atomic mass is 10.1. The van der Waals surface area contributed by atoms with Crippen molar-refractivity contribution in [3.8, 4) is 11.1 Å². The molecular formula is C19H14N4O4S. The van der Waals surface area contributed by atoms with Gasteiger partial charge in [-0.2, -0.15) is 0 Å². The van der Waals surface area contributed by atoms with Crippen LogP contribution in [0.2, 0.25) is 0 Å². The second kappa shape index (κ2) is 6.78. The molecule has 0 radical (unpaired) electrons. The lowest BCUT2D eigenvalue weighted by Gasteiger charge is -2.09. The highest BCUT2D eigenvalue weighted by Gasteiger charge is 2.15. The van der Waals surface area contributed by atoms with Crippen LogP contribution in [-0.2, 0) is 10.0 Å². The van der Waals surface area contributed by atoms with Gasteiger partial charge in [0.1, 0.15) is 5.65 Å². The predicted molar refractivity (Wildman–Crippen MR) is 103 cm³/mol. The average molecular weight is 394 g/mol. The molecule has 0 saturated carbocycles. The van der Waals surface area contributed by atoms with E-state index in [-0.39, 0.29) is 10.6 Å². The van der Waals surface area contributed by atoms with Gasteiger partial charge in [0.15, 0.2) is 5.69 Å². The molecule has 140 valence electrons. The Hall–Kier alpha value is -3.72. The number of carboxylic acid groups (broad SMARTS) is 1. The lowest BCUT2D eigenvalue weighted by Crippen LogP contribution is -2.13. The molecule has 1 aromatic carbocycles. The van der Waals surface area contributed by atoms with E-state index >= 15 is 0 Å². The van der Waals surface area contributed by atoms with Crippen molar-refractivity contribution in [3.05, 3.63) is 79.0 Å². The van der Waals surface area contributed by atoms with E-state index in [1.807, 2.05) is 0 Å². The zero-order valence-corrected chi connectivity index (χ0v) is 15.2. The number of sulfonamides is 1. The lowest BCUT2D eigenvalue weighted by molar-refractivity contribution is 0.0689. The standard InChI is InChI=1S/C19H14N4O4S/c24-19(25)17-11-21-18-7-6-13(12-23(17)18)14-8-15(10-20-9-14)22-28(26,27)16-4-2-1-3-5-16/h1-12,22H,(H,24,25). The maximum atomic E-state index is 12.5. The van der Waals surface area contributed by atoms with Gasteiger partial charge in [0.05, 0.1) is 23.0 Å². The third-order valence-corrected chi connectivity index (χ3v) is 5.50. The minimum absolute atomic E-state index is 0.0331. The fourth-order valence-electron chi connectivity index (χ4n) is 2.78. The van der Waals surface area contributed by atoms with Gasteiger partial charge in [0.2, 0.25) is 0 Å². The molecule has 0 atom stereocenters. The predicted octanol–water partition coefficient (Wildman–Crippen LogP) is 2.90. The van der Waals surface area contributed by atoms with Gasteiger partial charge in [0, 0.05) is 23.5 Å². The molecule has 0 amide bonds. The highest BCUT2D eigenvalue weighted by Crippen LogP contribution is 2.24. The van der Waals surface area contributed by atoms with Gasteiger partial charge in [-0.05, 0) is 30.3 Å². The van der Waals surface area contributed by atoms with Crippen molar-refractivity contribution in [2.45, 2.75) is 4.90 Å². The van der Waals surface area contributed by atoms with Crippen LogP contribution in [0.25, 0.3) is 16.8 Å². The summed E-state index contributed by atoms with van der Waals surface area (Å²) in [6, 6.07) is 13.1. The molecule has 4 aromatic rings. The number of aromatic nitrogens is 3. The SMILES string of the molecule is O=C(O)c1cnc2ccc(-c3cncc(NS(=O)(=O)c4ccccc4)c3)cn12. The number of pyridine rings is 2. The molecule has 0 aliphatic carbocycles. The third-order valence-electron chi connectivity index (χ3n) is 4.10. The van der Waals surface area contributed by atoms with Crippen molar-refractivity contribution < 1.29 is 18.3 Å². The molecule has 0 saturated heterocycles. The van der Waals surface area contributed by atoms with Crippen LogP contribution >= 0.6 is 0 Å². The third kappa shape index (κ3) is 3.30. The van der Waals surface area contributed by atoms with E-state index in [2.05, 4.69) is 14.7 Å². The Morgan fingerprint density at radius 2 is 1.79 bits per heavy atom. The number of aromatic carboxylic acids is 1. The number of carbonyl (C=O) groups is 1. The van der Waals surface area contributed by atoms with E-state index in [9.17, 15) is 18.3 Å². The minimum Gasteiger partial charge on any atom is -0.477 e. The summed E-state index contributed by atoms with van der Waals surface area (Å²) in [6.07, 6.45) is 5.88. The van der Waals surface area contributed by atoms with Crippen LogP contribution in [-0.4, -0.2) is 33.9 Å². The van der Waals surface area contributed by atoms with Gasteiger partial charge in [-0.25, -0.2) is 18.2 Å². The minimum atomic E-state index is -3.74. The molecule has 0 unspecified atom stereocenters. The van der Waals surface area contributed by atoms with Gasteiger partial charge < -0.3 is 5.11 Å². The normalized spacial score (nSPS) is 11.4. The summed E-state index contributed by atoms with van der Waals surface area (Å²) in [6.45, 7) is 0. The summed E-state index contributed by atoms with van der Waals surface area (Å²) in [7, 11) is -3.74. The molecule has 0 bridgehead atoms. The molecule has 0 aliphatic heterocycles. The van der Waals surface area contributed by atoms with Gasteiger partial charge in [-0.1, -0.05) is 18.2 Å². The van der Waals surface area contributed by atoms with Gasteiger partial charge in [-0.3, -0.25) is 14.1 Å². The number of carboxylic acids is 1. The first-order valence-electron chi connectivity index (χ1n) is 8.18. The Balaban J connectivity index is 1.70. The first-order chi connectivity index (χ1) is 13.4. The van der Waals surface area contributed by atoms with Crippen molar-refractivity contribution in [1.82, 2.24) is 14.4 Å². The highest BCUT2D eigenvalue weighted by molar-refractivity contribution is 7.92. The molecule has 2 N–H and O–H groups in total. The first kappa shape index (κ1) is 17.7. The molecule has 3 aromatic heterocycles. The van der Waals surface area contributed by atoms with Gasteiger partial charge in [-0.15, -0.1) is 0 Å². The fraction of sp³-hybridized carbons (Fsp3) is 0. The number of hydrogen-bond acceptors (Lipinski definition) is 5. The van der Waals surface area contributed by atoms with Crippen molar-refractivity contribution in [2.24, 2.45) is 0 Å². The number of nitrogens with zero attached hydrogens (tertiary/aromatic N) is 3. The van der Waals surface area contributed by atoms with Crippen LogP contribution in [0.3, 0.4) is 0 Å². The zero-order valence-electron chi connectivity index (χ0n) is 14.4.